The quantitative estimate of drug-likeness (QED) is 0.0320. The van der Waals surface area contributed by atoms with Crippen LogP contribution >= 0.6 is 0 Å². The molecule has 2 unspecified atom stereocenters. The van der Waals surface area contributed by atoms with E-state index in [0.717, 1.165) is 57.8 Å². The van der Waals surface area contributed by atoms with Crippen LogP contribution in [-0.2, 0) is 14.3 Å². The van der Waals surface area contributed by atoms with Crippen LogP contribution in [0.4, 0.5) is 0 Å². The molecule has 0 aliphatic rings. The van der Waals surface area contributed by atoms with Crippen molar-refractivity contribution < 1.29 is 24.5 Å². The molecule has 470 valence electrons. The van der Waals surface area contributed by atoms with Crippen molar-refractivity contribution in [2.75, 3.05) is 13.2 Å². The predicted molar refractivity (Wildman–Crippen MR) is 352 cm³/mol. The molecule has 0 saturated heterocycles. The number of allylic oxidation sites excluding steroid dienone is 8. The number of ether oxygens (including phenoxy) is 1. The summed E-state index contributed by atoms with van der Waals surface area (Å²) in [6.07, 6.45) is 90.2. The molecule has 1 amide bonds. The Kier molecular flexibility index (Phi) is 67.4. The molecule has 0 radical (unpaired) electrons. The molecule has 0 rings (SSSR count). The summed E-state index contributed by atoms with van der Waals surface area (Å²) in [7, 11) is 0. The summed E-state index contributed by atoms with van der Waals surface area (Å²) in [5.74, 6) is -0.0306. The van der Waals surface area contributed by atoms with E-state index in [1.54, 1.807) is 0 Å². The minimum Gasteiger partial charge on any atom is -0.466 e. The van der Waals surface area contributed by atoms with E-state index in [1.807, 2.05) is 0 Å². The number of carbonyl (C=O) groups excluding carboxylic acids is 2. The van der Waals surface area contributed by atoms with Crippen LogP contribution in [0.25, 0.3) is 0 Å². The molecule has 0 aromatic carbocycles. The predicted octanol–water partition coefficient (Wildman–Crippen LogP) is 23.3. The standard InChI is InChI=1S/C74H139NO5/c1-3-5-7-9-11-13-15-17-38-42-46-50-54-58-62-66-72(77)71(70-76)75-73(78)67-63-59-55-51-47-43-40-36-34-32-30-28-26-24-22-20-19-21-23-25-27-29-31-33-35-37-41-45-49-53-57-61-65-69-80-74(79)68-64-60-56-52-48-44-39-18-16-14-12-10-8-6-4-2/h12,14,18,23,25,29,31,39,71-72,76-77H,3-11,13,15-17,19-22,24,26-28,30,32-38,40-70H2,1-2H3,(H,75,78)/b14-12-,25-23-,31-29-,39-18-. The minimum atomic E-state index is -0.663. The fourth-order valence-electron chi connectivity index (χ4n) is 11.1. The van der Waals surface area contributed by atoms with Crippen LogP contribution in [0.3, 0.4) is 0 Å². The van der Waals surface area contributed by atoms with E-state index in [0.29, 0.717) is 25.9 Å². The highest BCUT2D eigenvalue weighted by Gasteiger charge is 2.20. The van der Waals surface area contributed by atoms with Gasteiger partial charge < -0.3 is 20.3 Å². The van der Waals surface area contributed by atoms with Crippen molar-refractivity contribution >= 4 is 11.9 Å². The molecule has 6 nitrogen and oxygen atoms in total. The van der Waals surface area contributed by atoms with Crippen molar-refractivity contribution in [2.45, 2.75) is 398 Å². The molecule has 0 heterocycles. The maximum atomic E-state index is 12.5. The first kappa shape index (κ1) is 77.8. The molecule has 6 heteroatoms. The van der Waals surface area contributed by atoms with Crippen LogP contribution in [0.15, 0.2) is 48.6 Å². The number of hydrogen-bond donors (Lipinski definition) is 3. The van der Waals surface area contributed by atoms with E-state index in [9.17, 15) is 19.8 Å². The monoisotopic (exact) mass is 1120 g/mol. The Bertz CT molecular complexity index is 1340. The number of nitrogens with one attached hydrogen (secondary N) is 1. The van der Waals surface area contributed by atoms with Crippen molar-refractivity contribution in [3.63, 3.8) is 0 Å². The van der Waals surface area contributed by atoms with E-state index >= 15 is 0 Å². The molecule has 0 bridgehead atoms. The van der Waals surface area contributed by atoms with E-state index in [4.69, 9.17) is 4.74 Å². The number of amides is 1. The van der Waals surface area contributed by atoms with Gasteiger partial charge in [-0.15, -0.1) is 0 Å². The van der Waals surface area contributed by atoms with Gasteiger partial charge in [-0.1, -0.05) is 332 Å². The van der Waals surface area contributed by atoms with Gasteiger partial charge in [-0.05, 0) is 89.9 Å². The van der Waals surface area contributed by atoms with Crippen LogP contribution in [0, 0.1) is 0 Å². The van der Waals surface area contributed by atoms with Gasteiger partial charge in [0.15, 0.2) is 0 Å². The number of carbonyl (C=O) groups is 2. The molecule has 0 fully saturated rings. The Morgan fingerprint density at radius 1 is 0.350 bits per heavy atom. The summed E-state index contributed by atoms with van der Waals surface area (Å²) in [6.45, 7) is 4.94. The Hall–Kier alpha value is -2.18. The molecule has 0 aliphatic carbocycles. The molecule has 0 aliphatic heterocycles. The maximum absolute atomic E-state index is 12.5. The lowest BCUT2D eigenvalue weighted by atomic mass is 10.0. The molecule has 0 aromatic heterocycles. The Balaban J connectivity index is 3.38. The lowest BCUT2D eigenvalue weighted by Crippen LogP contribution is -2.45. The molecule has 3 N–H and O–H groups in total. The van der Waals surface area contributed by atoms with Crippen LogP contribution in [0.5, 0.6) is 0 Å². The van der Waals surface area contributed by atoms with Gasteiger partial charge in [-0.3, -0.25) is 9.59 Å². The zero-order chi connectivity index (χ0) is 57.8. The zero-order valence-corrected chi connectivity index (χ0v) is 53.8. The lowest BCUT2D eigenvalue weighted by molar-refractivity contribution is -0.143. The van der Waals surface area contributed by atoms with E-state index in [2.05, 4.69) is 67.8 Å². The number of aliphatic hydroxyl groups is 2. The van der Waals surface area contributed by atoms with Crippen LogP contribution in [0.2, 0.25) is 0 Å². The van der Waals surface area contributed by atoms with Gasteiger partial charge in [-0.2, -0.15) is 0 Å². The second-order valence-corrected chi connectivity index (χ2v) is 24.6. The summed E-state index contributed by atoms with van der Waals surface area (Å²) in [5, 5.41) is 23.3. The summed E-state index contributed by atoms with van der Waals surface area (Å²) < 4.78 is 5.48. The first-order valence-corrected chi connectivity index (χ1v) is 35.9. The SMILES string of the molecule is CCCCC/C=C\C/C=C\CCCCCCCC(=O)OCCCCCCCCCCC/C=C\C/C=C\CCCCCCCCCCCCCCCCCCCC(=O)NC(CO)C(O)CCCCCCCCCCCCCCCCC. The Labute approximate surface area is 499 Å². The molecular weight excluding hydrogens is 983 g/mol. The van der Waals surface area contributed by atoms with Gasteiger partial charge in [0.25, 0.3) is 0 Å². The van der Waals surface area contributed by atoms with E-state index in [1.165, 1.54) is 295 Å². The molecular formula is C74H139NO5. The third-order valence-electron chi connectivity index (χ3n) is 16.6. The molecule has 0 saturated carbocycles. The van der Waals surface area contributed by atoms with E-state index < -0.39 is 12.1 Å². The van der Waals surface area contributed by atoms with Gasteiger partial charge in [0, 0.05) is 12.8 Å². The van der Waals surface area contributed by atoms with Gasteiger partial charge in [-0.25, -0.2) is 0 Å². The second kappa shape index (κ2) is 69.3. The fourth-order valence-corrected chi connectivity index (χ4v) is 11.1. The van der Waals surface area contributed by atoms with Gasteiger partial charge >= 0.3 is 5.97 Å². The maximum Gasteiger partial charge on any atom is 0.305 e. The largest absolute Gasteiger partial charge is 0.466 e. The summed E-state index contributed by atoms with van der Waals surface area (Å²) >= 11 is 0. The number of unbranched alkanes of at least 4 members (excludes halogenated alkanes) is 48. The number of aliphatic hydroxyl groups excluding tert-OH is 2. The first-order chi connectivity index (χ1) is 39.5. The average Bonchev–Trinajstić information content (AvgIpc) is 3.46. The zero-order valence-electron chi connectivity index (χ0n) is 53.8. The Morgan fingerprint density at radius 3 is 0.975 bits per heavy atom. The van der Waals surface area contributed by atoms with Gasteiger partial charge in [0.1, 0.15) is 0 Å². The first-order valence-electron chi connectivity index (χ1n) is 35.9. The van der Waals surface area contributed by atoms with Crippen molar-refractivity contribution in [3.8, 4) is 0 Å². The van der Waals surface area contributed by atoms with Crippen molar-refractivity contribution in [1.29, 1.82) is 0 Å². The smallest absolute Gasteiger partial charge is 0.305 e. The van der Waals surface area contributed by atoms with Crippen molar-refractivity contribution in [3.05, 3.63) is 48.6 Å². The highest BCUT2D eigenvalue weighted by Crippen LogP contribution is 2.18. The summed E-state index contributed by atoms with van der Waals surface area (Å²) in [4.78, 5) is 24.6. The normalized spacial score (nSPS) is 12.8. The highest BCUT2D eigenvalue weighted by molar-refractivity contribution is 5.76. The van der Waals surface area contributed by atoms with Crippen LogP contribution in [0.1, 0.15) is 386 Å². The van der Waals surface area contributed by atoms with Gasteiger partial charge in [0.2, 0.25) is 5.91 Å². The summed E-state index contributed by atoms with van der Waals surface area (Å²) in [5.41, 5.74) is 0. The minimum absolute atomic E-state index is 0.000224. The fraction of sp³-hybridized carbons (Fsp3) is 0.865. The van der Waals surface area contributed by atoms with Crippen LogP contribution < -0.4 is 5.32 Å². The number of hydrogen-bond acceptors (Lipinski definition) is 5. The number of rotatable bonds is 67. The second-order valence-electron chi connectivity index (χ2n) is 24.6. The summed E-state index contributed by atoms with van der Waals surface area (Å²) in [6, 6.07) is -0.540. The van der Waals surface area contributed by atoms with Crippen molar-refractivity contribution in [1.82, 2.24) is 5.32 Å². The van der Waals surface area contributed by atoms with Crippen molar-refractivity contribution in [2.24, 2.45) is 0 Å². The average molecular weight is 1120 g/mol. The topological polar surface area (TPSA) is 95.9 Å². The highest BCUT2D eigenvalue weighted by atomic mass is 16.5. The third-order valence-corrected chi connectivity index (χ3v) is 16.6. The number of esters is 1. The third kappa shape index (κ3) is 65.0. The molecule has 0 aromatic rings. The Morgan fingerprint density at radius 2 is 0.625 bits per heavy atom. The van der Waals surface area contributed by atoms with Crippen LogP contribution in [-0.4, -0.2) is 47.4 Å². The molecule has 2 atom stereocenters. The molecule has 80 heavy (non-hydrogen) atoms. The molecule has 0 spiro atoms. The lowest BCUT2D eigenvalue weighted by Gasteiger charge is -2.22. The van der Waals surface area contributed by atoms with E-state index in [-0.39, 0.29) is 18.5 Å². The van der Waals surface area contributed by atoms with Gasteiger partial charge in [0.05, 0.1) is 25.4 Å².